The van der Waals surface area contributed by atoms with Gasteiger partial charge in [-0.05, 0) is 25.3 Å². The molecule has 0 spiro atoms. The van der Waals surface area contributed by atoms with Crippen LogP contribution < -0.4 is 5.32 Å². The number of amides is 1. The van der Waals surface area contributed by atoms with Crippen molar-refractivity contribution in [1.29, 1.82) is 0 Å². The van der Waals surface area contributed by atoms with Gasteiger partial charge in [-0.2, -0.15) is 0 Å². The van der Waals surface area contributed by atoms with Crippen LogP contribution in [0.15, 0.2) is 0 Å². The summed E-state index contributed by atoms with van der Waals surface area (Å²) < 4.78 is 0. The van der Waals surface area contributed by atoms with Crippen LogP contribution in [0.5, 0.6) is 0 Å². The highest BCUT2D eigenvalue weighted by molar-refractivity contribution is 5.78. The van der Waals surface area contributed by atoms with Crippen molar-refractivity contribution in [3.8, 4) is 0 Å². The third-order valence-corrected chi connectivity index (χ3v) is 2.29. The highest BCUT2D eigenvalue weighted by Gasteiger charge is 2.16. The first kappa shape index (κ1) is 10.5. The fraction of sp³-hybridized carbons (Fsp3) is 0.900. The topological polar surface area (TPSA) is 32.3 Å². The molecular weight excluding hydrogens is 164 g/mol. The first-order valence-electron chi connectivity index (χ1n) is 5.18. The molecule has 76 valence electrons. The Balaban J connectivity index is 2.10. The molecule has 0 aromatic heterocycles. The SMILES string of the molecule is CC(C)CNCC(=O)N1CCCC1. The molecule has 1 rings (SSSR count). The van der Waals surface area contributed by atoms with Gasteiger partial charge in [0.15, 0.2) is 0 Å². The Morgan fingerprint density at radius 3 is 2.54 bits per heavy atom. The molecule has 0 aliphatic carbocycles. The van der Waals surface area contributed by atoms with E-state index in [2.05, 4.69) is 19.2 Å². The van der Waals surface area contributed by atoms with Crippen LogP contribution in [0.2, 0.25) is 0 Å². The first-order chi connectivity index (χ1) is 6.20. The van der Waals surface area contributed by atoms with Crippen molar-refractivity contribution in [3.05, 3.63) is 0 Å². The average Bonchev–Trinajstić information content (AvgIpc) is 2.55. The molecule has 1 saturated heterocycles. The minimum absolute atomic E-state index is 0.262. The standard InChI is InChI=1S/C10H20N2O/c1-9(2)7-11-8-10(13)12-5-3-4-6-12/h9,11H,3-8H2,1-2H3. The van der Waals surface area contributed by atoms with E-state index >= 15 is 0 Å². The summed E-state index contributed by atoms with van der Waals surface area (Å²) in [6.07, 6.45) is 2.35. The predicted octanol–water partition coefficient (Wildman–Crippen LogP) is 0.854. The van der Waals surface area contributed by atoms with Crippen molar-refractivity contribution in [3.63, 3.8) is 0 Å². The maximum absolute atomic E-state index is 11.5. The highest BCUT2D eigenvalue weighted by atomic mass is 16.2. The van der Waals surface area contributed by atoms with Gasteiger partial charge in [-0.15, -0.1) is 0 Å². The number of hydrogen-bond donors (Lipinski definition) is 1. The van der Waals surface area contributed by atoms with E-state index in [-0.39, 0.29) is 5.91 Å². The van der Waals surface area contributed by atoms with Gasteiger partial charge in [0, 0.05) is 13.1 Å². The maximum atomic E-state index is 11.5. The molecule has 1 aliphatic heterocycles. The monoisotopic (exact) mass is 184 g/mol. The molecule has 13 heavy (non-hydrogen) atoms. The van der Waals surface area contributed by atoms with Crippen molar-refractivity contribution in [1.82, 2.24) is 10.2 Å². The van der Waals surface area contributed by atoms with Crippen molar-refractivity contribution in [2.24, 2.45) is 5.92 Å². The molecular formula is C10H20N2O. The van der Waals surface area contributed by atoms with E-state index in [1.165, 1.54) is 12.8 Å². The van der Waals surface area contributed by atoms with Gasteiger partial charge in [0.1, 0.15) is 0 Å². The lowest BCUT2D eigenvalue weighted by Crippen LogP contribution is -2.37. The Morgan fingerprint density at radius 2 is 2.00 bits per heavy atom. The molecule has 1 aliphatic rings. The lowest BCUT2D eigenvalue weighted by molar-refractivity contribution is -0.129. The molecule has 1 N–H and O–H groups in total. The fourth-order valence-corrected chi connectivity index (χ4v) is 1.55. The lowest BCUT2D eigenvalue weighted by Gasteiger charge is -2.15. The van der Waals surface area contributed by atoms with Gasteiger partial charge >= 0.3 is 0 Å². The summed E-state index contributed by atoms with van der Waals surface area (Å²) in [6.45, 7) is 7.66. The molecule has 0 saturated carbocycles. The quantitative estimate of drug-likeness (QED) is 0.702. The van der Waals surface area contributed by atoms with Crippen molar-refractivity contribution < 1.29 is 4.79 Å². The number of hydrogen-bond acceptors (Lipinski definition) is 2. The van der Waals surface area contributed by atoms with E-state index in [1.54, 1.807) is 0 Å². The van der Waals surface area contributed by atoms with Crippen LogP contribution in [0.25, 0.3) is 0 Å². The largest absolute Gasteiger partial charge is 0.342 e. The molecule has 0 aromatic rings. The number of carbonyl (C=O) groups is 1. The van der Waals surface area contributed by atoms with Gasteiger partial charge < -0.3 is 10.2 Å². The van der Waals surface area contributed by atoms with Gasteiger partial charge in [-0.25, -0.2) is 0 Å². The zero-order valence-corrected chi connectivity index (χ0v) is 8.68. The Labute approximate surface area is 80.5 Å². The Hall–Kier alpha value is -0.570. The zero-order valence-electron chi connectivity index (χ0n) is 8.68. The van der Waals surface area contributed by atoms with E-state index in [1.807, 2.05) is 4.90 Å². The minimum atomic E-state index is 0.262. The number of nitrogens with zero attached hydrogens (tertiary/aromatic N) is 1. The Kier molecular flexibility index (Phi) is 4.22. The van der Waals surface area contributed by atoms with Crippen LogP contribution in [-0.4, -0.2) is 37.0 Å². The van der Waals surface area contributed by atoms with Crippen molar-refractivity contribution in [2.75, 3.05) is 26.2 Å². The van der Waals surface area contributed by atoms with Crippen LogP contribution in [0.1, 0.15) is 26.7 Å². The molecule has 1 heterocycles. The molecule has 1 amide bonds. The van der Waals surface area contributed by atoms with Crippen LogP contribution >= 0.6 is 0 Å². The van der Waals surface area contributed by atoms with Crippen molar-refractivity contribution >= 4 is 5.91 Å². The molecule has 0 aromatic carbocycles. The van der Waals surface area contributed by atoms with Crippen LogP contribution in [0, 0.1) is 5.92 Å². The van der Waals surface area contributed by atoms with Gasteiger partial charge in [0.25, 0.3) is 0 Å². The van der Waals surface area contributed by atoms with E-state index in [0.29, 0.717) is 12.5 Å². The molecule has 0 atom stereocenters. The van der Waals surface area contributed by atoms with Gasteiger partial charge in [0.05, 0.1) is 6.54 Å². The third-order valence-electron chi connectivity index (χ3n) is 2.29. The smallest absolute Gasteiger partial charge is 0.236 e. The predicted molar refractivity (Wildman–Crippen MR) is 53.5 cm³/mol. The molecule has 3 nitrogen and oxygen atoms in total. The summed E-state index contributed by atoms with van der Waals surface area (Å²) in [5.41, 5.74) is 0. The van der Waals surface area contributed by atoms with Crippen LogP contribution in [0.4, 0.5) is 0 Å². The number of nitrogens with one attached hydrogen (secondary N) is 1. The van der Waals surface area contributed by atoms with E-state index in [0.717, 1.165) is 19.6 Å². The lowest BCUT2D eigenvalue weighted by atomic mass is 10.2. The van der Waals surface area contributed by atoms with E-state index in [9.17, 15) is 4.79 Å². The summed E-state index contributed by atoms with van der Waals surface area (Å²) in [4.78, 5) is 13.4. The summed E-state index contributed by atoms with van der Waals surface area (Å²) in [5.74, 6) is 0.879. The Morgan fingerprint density at radius 1 is 1.38 bits per heavy atom. The summed E-state index contributed by atoms with van der Waals surface area (Å²) in [7, 11) is 0. The number of carbonyl (C=O) groups excluding carboxylic acids is 1. The molecule has 3 heteroatoms. The molecule has 0 bridgehead atoms. The highest BCUT2D eigenvalue weighted by Crippen LogP contribution is 2.06. The first-order valence-corrected chi connectivity index (χ1v) is 5.18. The second kappa shape index (κ2) is 5.22. The Bertz CT molecular complexity index is 162. The van der Waals surface area contributed by atoms with E-state index in [4.69, 9.17) is 0 Å². The molecule has 0 radical (unpaired) electrons. The van der Waals surface area contributed by atoms with Gasteiger partial charge in [-0.1, -0.05) is 13.8 Å². The van der Waals surface area contributed by atoms with Gasteiger partial charge in [0.2, 0.25) is 5.91 Å². The molecule has 0 unspecified atom stereocenters. The van der Waals surface area contributed by atoms with Crippen LogP contribution in [-0.2, 0) is 4.79 Å². The van der Waals surface area contributed by atoms with E-state index < -0.39 is 0 Å². The fourth-order valence-electron chi connectivity index (χ4n) is 1.55. The normalized spacial score (nSPS) is 17.0. The average molecular weight is 184 g/mol. The zero-order chi connectivity index (χ0) is 9.68. The van der Waals surface area contributed by atoms with Gasteiger partial charge in [-0.3, -0.25) is 4.79 Å². The minimum Gasteiger partial charge on any atom is -0.342 e. The summed E-state index contributed by atoms with van der Waals surface area (Å²) in [6, 6.07) is 0. The number of likely N-dealkylation sites (tertiary alicyclic amines) is 1. The second-order valence-electron chi connectivity index (χ2n) is 4.11. The van der Waals surface area contributed by atoms with Crippen molar-refractivity contribution in [2.45, 2.75) is 26.7 Å². The summed E-state index contributed by atoms with van der Waals surface area (Å²) >= 11 is 0. The maximum Gasteiger partial charge on any atom is 0.236 e. The second-order valence-corrected chi connectivity index (χ2v) is 4.11. The summed E-state index contributed by atoms with van der Waals surface area (Å²) in [5, 5.41) is 3.17. The number of rotatable bonds is 4. The van der Waals surface area contributed by atoms with Crippen LogP contribution in [0.3, 0.4) is 0 Å². The molecule has 1 fully saturated rings. The third kappa shape index (κ3) is 3.77.